The molecule has 0 amide bonds. The molecule has 16 heavy (non-hydrogen) atoms. The van der Waals surface area contributed by atoms with Gasteiger partial charge in [-0.1, -0.05) is 6.07 Å². The van der Waals surface area contributed by atoms with Gasteiger partial charge in [-0.3, -0.25) is 0 Å². The van der Waals surface area contributed by atoms with Crippen LogP contribution in [0.1, 0.15) is 25.6 Å². The van der Waals surface area contributed by atoms with Gasteiger partial charge in [0.05, 0.1) is 0 Å². The van der Waals surface area contributed by atoms with Gasteiger partial charge in [0.2, 0.25) is 0 Å². The molecule has 0 saturated carbocycles. The molecule has 1 unspecified atom stereocenters. The maximum Gasteiger partial charge on any atom is 0.0107 e. The molecule has 0 radical (unpaired) electrons. The molecule has 1 rings (SSSR count). The number of rotatable bonds is 7. The quantitative estimate of drug-likeness (QED) is 0.788. The first kappa shape index (κ1) is 13.7. The van der Waals surface area contributed by atoms with Crippen LogP contribution in [-0.4, -0.2) is 37.1 Å². The van der Waals surface area contributed by atoms with Crippen molar-refractivity contribution in [1.29, 1.82) is 0 Å². The molecule has 0 saturated heterocycles. The average Bonchev–Trinajstić information content (AvgIpc) is 2.70. The molecule has 1 heterocycles. The second-order valence-electron chi connectivity index (χ2n) is 4.71. The molecule has 3 heteroatoms. The number of hydrogen-bond donors (Lipinski definition) is 1. The lowest BCUT2D eigenvalue weighted by Crippen LogP contribution is -2.37. The normalized spacial score (nSPS) is 13.6. The Hall–Kier alpha value is -0.380. The van der Waals surface area contributed by atoms with E-state index in [0.29, 0.717) is 12.1 Å². The Morgan fingerprint density at radius 2 is 2.12 bits per heavy atom. The van der Waals surface area contributed by atoms with Crippen LogP contribution in [-0.2, 0) is 6.42 Å². The zero-order chi connectivity index (χ0) is 12.0. The molecule has 0 aliphatic rings. The van der Waals surface area contributed by atoms with Crippen LogP contribution in [0.5, 0.6) is 0 Å². The van der Waals surface area contributed by atoms with Crippen molar-refractivity contribution in [1.82, 2.24) is 10.2 Å². The second kappa shape index (κ2) is 7.05. The minimum Gasteiger partial charge on any atom is -0.313 e. The van der Waals surface area contributed by atoms with E-state index in [-0.39, 0.29) is 0 Å². The highest BCUT2D eigenvalue weighted by Gasteiger charge is 2.05. The van der Waals surface area contributed by atoms with Crippen LogP contribution >= 0.6 is 11.3 Å². The molecular formula is C13H24N2S. The fraction of sp³-hybridized carbons (Fsp3) is 0.692. The van der Waals surface area contributed by atoms with E-state index in [2.05, 4.69) is 55.5 Å². The summed E-state index contributed by atoms with van der Waals surface area (Å²) in [6.45, 7) is 8.91. The molecule has 0 fully saturated rings. The van der Waals surface area contributed by atoms with E-state index in [1.165, 1.54) is 4.88 Å². The highest BCUT2D eigenvalue weighted by molar-refractivity contribution is 7.09. The molecule has 1 aromatic rings. The topological polar surface area (TPSA) is 15.3 Å². The SMILES string of the molecule is CC(Cc1cccs1)NCCN(C)C(C)C. The van der Waals surface area contributed by atoms with Crippen LogP contribution in [0.3, 0.4) is 0 Å². The Kier molecular flexibility index (Phi) is 6.03. The number of nitrogens with zero attached hydrogens (tertiary/aromatic N) is 1. The average molecular weight is 240 g/mol. The summed E-state index contributed by atoms with van der Waals surface area (Å²) in [5, 5.41) is 5.72. The molecule has 1 atom stereocenters. The third-order valence-corrected chi connectivity index (χ3v) is 3.83. The van der Waals surface area contributed by atoms with E-state index in [4.69, 9.17) is 0 Å². The molecule has 2 nitrogen and oxygen atoms in total. The largest absolute Gasteiger partial charge is 0.313 e. The van der Waals surface area contributed by atoms with Crippen molar-refractivity contribution in [2.45, 2.75) is 39.3 Å². The first-order valence-electron chi connectivity index (χ1n) is 6.05. The zero-order valence-electron chi connectivity index (χ0n) is 10.9. The van der Waals surface area contributed by atoms with Crippen molar-refractivity contribution in [2.24, 2.45) is 0 Å². The van der Waals surface area contributed by atoms with Gasteiger partial charge in [0.25, 0.3) is 0 Å². The maximum absolute atomic E-state index is 3.57. The maximum atomic E-state index is 3.57. The Bertz CT molecular complexity index is 269. The first-order valence-corrected chi connectivity index (χ1v) is 6.93. The number of likely N-dealkylation sites (N-methyl/N-ethyl adjacent to an activating group) is 1. The summed E-state index contributed by atoms with van der Waals surface area (Å²) in [5.41, 5.74) is 0. The Balaban J connectivity index is 2.13. The summed E-state index contributed by atoms with van der Waals surface area (Å²) in [6.07, 6.45) is 1.14. The molecule has 1 aromatic heterocycles. The summed E-state index contributed by atoms with van der Waals surface area (Å²) in [7, 11) is 2.18. The van der Waals surface area contributed by atoms with Gasteiger partial charge in [-0.15, -0.1) is 11.3 Å². The zero-order valence-corrected chi connectivity index (χ0v) is 11.7. The highest BCUT2D eigenvalue weighted by atomic mass is 32.1. The molecule has 0 bridgehead atoms. The lowest BCUT2D eigenvalue weighted by molar-refractivity contribution is 0.269. The van der Waals surface area contributed by atoms with E-state index in [1.54, 1.807) is 0 Å². The molecular weight excluding hydrogens is 216 g/mol. The summed E-state index contributed by atoms with van der Waals surface area (Å²) in [5.74, 6) is 0. The monoisotopic (exact) mass is 240 g/mol. The minimum absolute atomic E-state index is 0.569. The van der Waals surface area contributed by atoms with Crippen molar-refractivity contribution in [2.75, 3.05) is 20.1 Å². The lowest BCUT2D eigenvalue weighted by Gasteiger charge is -2.22. The van der Waals surface area contributed by atoms with Crippen molar-refractivity contribution in [3.8, 4) is 0 Å². The fourth-order valence-electron chi connectivity index (χ4n) is 1.55. The van der Waals surface area contributed by atoms with Gasteiger partial charge >= 0.3 is 0 Å². The lowest BCUT2D eigenvalue weighted by atomic mass is 10.2. The van der Waals surface area contributed by atoms with Crippen molar-refractivity contribution >= 4 is 11.3 Å². The molecule has 1 N–H and O–H groups in total. The van der Waals surface area contributed by atoms with Crippen molar-refractivity contribution in [3.05, 3.63) is 22.4 Å². The standard InChI is InChI=1S/C13H24N2S/c1-11(2)15(4)8-7-14-12(3)10-13-6-5-9-16-13/h5-6,9,11-12,14H,7-8,10H2,1-4H3. The van der Waals surface area contributed by atoms with Gasteiger partial charge in [-0.05, 0) is 45.7 Å². The van der Waals surface area contributed by atoms with E-state index in [0.717, 1.165) is 19.5 Å². The second-order valence-corrected chi connectivity index (χ2v) is 5.75. The third kappa shape index (κ3) is 5.10. The molecule has 0 aliphatic heterocycles. The Labute approximate surface area is 104 Å². The number of nitrogens with one attached hydrogen (secondary N) is 1. The first-order chi connectivity index (χ1) is 7.59. The Morgan fingerprint density at radius 3 is 2.69 bits per heavy atom. The fourth-order valence-corrected chi connectivity index (χ4v) is 2.38. The van der Waals surface area contributed by atoms with Crippen LogP contribution in [0.25, 0.3) is 0 Å². The van der Waals surface area contributed by atoms with Crippen molar-refractivity contribution in [3.63, 3.8) is 0 Å². The van der Waals surface area contributed by atoms with Crippen molar-refractivity contribution < 1.29 is 0 Å². The van der Waals surface area contributed by atoms with Gasteiger partial charge < -0.3 is 10.2 Å². The molecule has 0 aliphatic carbocycles. The predicted molar refractivity (Wildman–Crippen MR) is 73.3 cm³/mol. The van der Waals surface area contributed by atoms with Gasteiger partial charge in [0.1, 0.15) is 0 Å². The van der Waals surface area contributed by atoms with Gasteiger partial charge in [0, 0.05) is 30.1 Å². The van der Waals surface area contributed by atoms with Crippen LogP contribution in [0.4, 0.5) is 0 Å². The van der Waals surface area contributed by atoms with Gasteiger partial charge in [-0.25, -0.2) is 0 Å². The number of thiophene rings is 1. The number of hydrogen-bond acceptors (Lipinski definition) is 3. The van der Waals surface area contributed by atoms with Crippen LogP contribution in [0.2, 0.25) is 0 Å². The Morgan fingerprint density at radius 1 is 1.38 bits per heavy atom. The summed E-state index contributed by atoms with van der Waals surface area (Å²) >= 11 is 1.85. The van der Waals surface area contributed by atoms with E-state index in [9.17, 15) is 0 Å². The highest BCUT2D eigenvalue weighted by Crippen LogP contribution is 2.10. The third-order valence-electron chi connectivity index (χ3n) is 2.93. The summed E-state index contributed by atoms with van der Waals surface area (Å²) in [6, 6.07) is 5.54. The summed E-state index contributed by atoms with van der Waals surface area (Å²) < 4.78 is 0. The van der Waals surface area contributed by atoms with Crippen LogP contribution in [0.15, 0.2) is 17.5 Å². The van der Waals surface area contributed by atoms with E-state index < -0.39 is 0 Å². The van der Waals surface area contributed by atoms with Crippen LogP contribution in [0, 0.1) is 0 Å². The van der Waals surface area contributed by atoms with Gasteiger partial charge in [0.15, 0.2) is 0 Å². The minimum atomic E-state index is 0.569. The molecule has 0 spiro atoms. The predicted octanol–water partition coefficient (Wildman–Crippen LogP) is 2.61. The smallest absolute Gasteiger partial charge is 0.0107 e. The van der Waals surface area contributed by atoms with E-state index >= 15 is 0 Å². The molecule has 92 valence electrons. The van der Waals surface area contributed by atoms with Crippen LogP contribution < -0.4 is 5.32 Å². The molecule has 0 aromatic carbocycles. The van der Waals surface area contributed by atoms with E-state index in [1.807, 2.05) is 11.3 Å². The van der Waals surface area contributed by atoms with Gasteiger partial charge in [-0.2, -0.15) is 0 Å². The summed E-state index contributed by atoms with van der Waals surface area (Å²) in [4.78, 5) is 3.84.